The Bertz CT molecular complexity index is 1100. The Balaban J connectivity index is 1.57. The van der Waals surface area contributed by atoms with Crippen molar-refractivity contribution in [1.82, 2.24) is 10.3 Å². The number of aromatic nitrogens is 1. The van der Waals surface area contributed by atoms with Gasteiger partial charge in [0, 0.05) is 30.3 Å². The molecule has 1 heterocycles. The molecule has 9 heteroatoms. The van der Waals surface area contributed by atoms with E-state index < -0.39 is 16.1 Å². The molecule has 0 spiro atoms. The molecule has 0 aliphatic rings. The first-order valence-corrected chi connectivity index (χ1v) is 11.1. The van der Waals surface area contributed by atoms with Gasteiger partial charge in [-0.3, -0.25) is 9.71 Å². The van der Waals surface area contributed by atoms with E-state index in [0.717, 1.165) is 5.56 Å². The maximum Gasteiger partial charge on any atom is 0.319 e. The highest BCUT2D eigenvalue weighted by Crippen LogP contribution is 2.21. The van der Waals surface area contributed by atoms with Crippen molar-refractivity contribution < 1.29 is 17.9 Å². The predicted octanol–water partition coefficient (Wildman–Crippen LogP) is 3.99. The Morgan fingerprint density at radius 1 is 1.00 bits per heavy atom. The topological polar surface area (TPSA) is 109 Å². The third-order valence-electron chi connectivity index (χ3n) is 4.08. The van der Waals surface area contributed by atoms with Crippen LogP contribution in [0.15, 0.2) is 78.0 Å². The minimum Gasteiger partial charge on any atom is -0.491 e. The molecule has 2 aromatic carbocycles. The highest BCUT2D eigenvalue weighted by Gasteiger charge is 2.14. The Labute approximate surface area is 181 Å². The molecule has 0 aliphatic heterocycles. The summed E-state index contributed by atoms with van der Waals surface area (Å²) in [5.74, 6) is 0.662. The number of ether oxygens (including phenoxy) is 1. The highest BCUT2D eigenvalue weighted by molar-refractivity contribution is 7.92. The van der Waals surface area contributed by atoms with Crippen LogP contribution in [0.1, 0.15) is 19.4 Å². The minimum atomic E-state index is -3.77. The van der Waals surface area contributed by atoms with Crippen LogP contribution in [0.5, 0.6) is 5.75 Å². The number of benzene rings is 2. The Morgan fingerprint density at radius 3 is 2.29 bits per heavy atom. The summed E-state index contributed by atoms with van der Waals surface area (Å²) in [5, 5.41) is 5.37. The summed E-state index contributed by atoms with van der Waals surface area (Å²) in [4.78, 5) is 16.1. The lowest BCUT2D eigenvalue weighted by molar-refractivity contribution is 0.242. The fraction of sp³-hybridized carbons (Fsp3) is 0.182. The lowest BCUT2D eigenvalue weighted by Crippen LogP contribution is -2.28. The van der Waals surface area contributed by atoms with Crippen LogP contribution in [0.4, 0.5) is 16.2 Å². The number of nitrogens with one attached hydrogen (secondary N) is 3. The molecule has 3 N–H and O–H groups in total. The zero-order valence-electron chi connectivity index (χ0n) is 17.2. The van der Waals surface area contributed by atoms with Crippen molar-refractivity contribution in [3.05, 3.63) is 78.6 Å². The maximum absolute atomic E-state index is 12.6. The average Bonchev–Trinajstić information content (AvgIpc) is 2.74. The van der Waals surface area contributed by atoms with Gasteiger partial charge in [-0.15, -0.1) is 0 Å². The number of amides is 2. The van der Waals surface area contributed by atoms with Gasteiger partial charge in [-0.05, 0) is 74.0 Å². The third kappa shape index (κ3) is 6.71. The molecule has 0 saturated carbocycles. The zero-order valence-corrected chi connectivity index (χ0v) is 18.0. The van der Waals surface area contributed by atoms with Crippen LogP contribution >= 0.6 is 0 Å². The first-order chi connectivity index (χ1) is 14.8. The van der Waals surface area contributed by atoms with Gasteiger partial charge in [0.2, 0.25) is 0 Å². The monoisotopic (exact) mass is 440 g/mol. The van der Waals surface area contributed by atoms with Crippen molar-refractivity contribution in [3.8, 4) is 5.75 Å². The molecule has 0 aliphatic carbocycles. The third-order valence-corrected chi connectivity index (χ3v) is 5.47. The molecular weight excluding hydrogens is 416 g/mol. The summed E-state index contributed by atoms with van der Waals surface area (Å²) >= 11 is 0. The molecule has 0 radical (unpaired) electrons. The van der Waals surface area contributed by atoms with Gasteiger partial charge in [0.25, 0.3) is 10.0 Å². The van der Waals surface area contributed by atoms with Crippen molar-refractivity contribution in [2.45, 2.75) is 31.4 Å². The zero-order chi connectivity index (χ0) is 22.3. The van der Waals surface area contributed by atoms with E-state index in [1.807, 2.05) is 19.9 Å². The van der Waals surface area contributed by atoms with E-state index >= 15 is 0 Å². The number of sulfonamides is 1. The molecule has 31 heavy (non-hydrogen) atoms. The smallest absolute Gasteiger partial charge is 0.319 e. The second-order valence-corrected chi connectivity index (χ2v) is 8.67. The quantitative estimate of drug-likeness (QED) is 0.491. The van der Waals surface area contributed by atoms with E-state index in [1.54, 1.807) is 42.7 Å². The summed E-state index contributed by atoms with van der Waals surface area (Å²) in [7, 11) is -3.77. The number of carbonyl (C=O) groups excluding carboxylic acids is 1. The van der Waals surface area contributed by atoms with Gasteiger partial charge in [0.1, 0.15) is 5.75 Å². The van der Waals surface area contributed by atoms with Gasteiger partial charge in [-0.1, -0.05) is 6.07 Å². The van der Waals surface area contributed by atoms with Gasteiger partial charge in [-0.25, -0.2) is 13.2 Å². The SMILES string of the molecule is CC(C)Oc1ccc(NS(=O)(=O)c2ccc(NC(=O)NCc3cccnc3)cc2)cc1. The lowest BCUT2D eigenvalue weighted by Gasteiger charge is -2.12. The molecule has 1 aromatic heterocycles. The lowest BCUT2D eigenvalue weighted by atomic mass is 10.3. The molecule has 8 nitrogen and oxygen atoms in total. The fourth-order valence-electron chi connectivity index (χ4n) is 2.67. The van der Waals surface area contributed by atoms with Crippen LogP contribution < -0.4 is 20.1 Å². The van der Waals surface area contributed by atoms with Crippen LogP contribution in [0.3, 0.4) is 0 Å². The molecule has 162 valence electrons. The molecular formula is C22H24N4O4S. The maximum atomic E-state index is 12.6. The summed E-state index contributed by atoms with van der Waals surface area (Å²) in [5.41, 5.74) is 1.76. The van der Waals surface area contributed by atoms with Crippen LogP contribution in [-0.2, 0) is 16.6 Å². The highest BCUT2D eigenvalue weighted by atomic mass is 32.2. The van der Waals surface area contributed by atoms with Crippen LogP contribution in [-0.4, -0.2) is 25.5 Å². The summed E-state index contributed by atoms with van der Waals surface area (Å²) in [6.45, 7) is 4.16. The second kappa shape index (κ2) is 9.94. The average molecular weight is 441 g/mol. The number of hydrogen-bond acceptors (Lipinski definition) is 5. The number of rotatable bonds is 8. The van der Waals surface area contributed by atoms with E-state index in [9.17, 15) is 13.2 Å². The Hall–Kier alpha value is -3.59. The van der Waals surface area contributed by atoms with E-state index in [2.05, 4.69) is 20.3 Å². The van der Waals surface area contributed by atoms with Crippen molar-refractivity contribution in [3.63, 3.8) is 0 Å². The molecule has 0 bridgehead atoms. The summed E-state index contributed by atoms with van der Waals surface area (Å²) in [6.07, 6.45) is 3.36. The van der Waals surface area contributed by atoms with Gasteiger partial charge in [0.15, 0.2) is 0 Å². The molecule has 0 fully saturated rings. The van der Waals surface area contributed by atoms with Crippen LogP contribution in [0.25, 0.3) is 0 Å². The second-order valence-electron chi connectivity index (χ2n) is 6.99. The number of pyridine rings is 1. The standard InChI is InChI=1S/C22H24N4O4S/c1-16(2)30-20-9-5-19(6-10-20)26-31(28,29)21-11-7-18(8-12-21)25-22(27)24-15-17-4-3-13-23-14-17/h3-14,16,26H,15H2,1-2H3,(H2,24,25,27). The number of nitrogens with zero attached hydrogens (tertiary/aromatic N) is 1. The molecule has 2 amide bonds. The van der Waals surface area contributed by atoms with Gasteiger partial charge >= 0.3 is 6.03 Å². The Morgan fingerprint density at radius 2 is 1.68 bits per heavy atom. The summed E-state index contributed by atoms with van der Waals surface area (Å²) in [6, 6.07) is 15.8. The van der Waals surface area contributed by atoms with Crippen molar-refractivity contribution in [1.29, 1.82) is 0 Å². The fourth-order valence-corrected chi connectivity index (χ4v) is 3.72. The van der Waals surface area contributed by atoms with Crippen LogP contribution in [0, 0.1) is 0 Å². The number of urea groups is 1. The summed E-state index contributed by atoms with van der Waals surface area (Å²) < 4.78 is 33.3. The first kappa shape index (κ1) is 22.1. The Kier molecular flexibility index (Phi) is 7.09. The first-order valence-electron chi connectivity index (χ1n) is 9.65. The largest absolute Gasteiger partial charge is 0.491 e. The number of anilines is 2. The van der Waals surface area contributed by atoms with E-state index in [1.165, 1.54) is 24.3 Å². The van der Waals surface area contributed by atoms with Gasteiger partial charge in [0.05, 0.1) is 11.0 Å². The van der Waals surface area contributed by atoms with E-state index in [0.29, 0.717) is 23.7 Å². The van der Waals surface area contributed by atoms with Gasteiger partial charge < -0.3 is 15.4 Å². The molecule has 0 saturated heterocycles. The van der Waals surface area contributed by atoms with E-state index in [-0.39, 0.29) is 11.0 Å². The molecule has 3 aromatic rings. The normalized spacial score (nSPS) is 11.1. The number of hydrogen-bond donors (Lipinski definition) is 3. The van der Waals surface area contributed by atoms with Crippen molar-refractivity contribution >= 4 is 27.4 Å². The minimum absolute atomic E-state index is 0.0343. The number of carbonyl (C=O) groups is 1. The molecule has 0 atom stereocenters. The molecule has 3 rings (SSSR count). The van der Waals surface area contributed by atoms with E-state index in [4.69, 9.17) is 4.74 Å². The van der Waals surface area contributed by atoms with Crippen molar-refractivity contribution in [2.75, 3.05) is 10.0 Å². The molecule has 0 unspecified atom stereocenters. The predicted molar refractivity (Wildman–Crippen MR) is 120 cm³/mol. The van der Waals surface area contributed by atoms with Crippen molar-refractivity contribution in [2.24, 2.45) is 0 Å². The van der Waals surface area contributed by atoms with Crippen LogP contribution in [0.2, 0.25) is 0 Å². The van der Waals surface area contributed by atoms with Gasteiger partial charge in [-0.2, -0.15) is 0 Å².